The van der Waals surface area contributed by atoms with Gasteiger partial charge in [0.25, 0.3) is 0 Å². The molecule has 14 aromatic carbocycles. The van der Waals surface area contributed by atoms with Gasteiger partial charge in [-0.05, 0) is 159 Å². The summed E-state index contributed by atoms with van der Waals surface area (Å²) in [6.07, 6.45) is 5.29. The average molecular weight is 2610 g/mol. The van der Waals surface area contributed by atoms with Crippen molar-refractivity contribution in [2.24, 2.45) is 0 Å². The molecular weight excluding hydrogens is 2510 g/mol. The number of nitrogens with one attached hydrogen (secondary N) is 1. The number of hydrogen-bond acceptors (Lipinski definition) is 13. The summed E-state index contributed by atoms with van der Waals surface area (Å²) in [6.45, 7) is 14.7. The number of anilines is 3. The van der Waals surface area contributed by atoms with Crippen LogP contribution in [-0.4, -0.2) is 57.6 Å². The third kappa shape index (κ3) is 30.4. The van der Waals surface area contributed by atoms with Crippen LogP contribution < -0.4 is 10.2 Å². The normalized spacial score (nSPS) is 10.8. The van der Waals surface area contributed by atoms with E-state index < -0.39 is 0 Å². The Morgan fingerprint density at radius 1 is 0.321 bits per heavy atom. The maximum absolute atomic E-state index is 10.0. The van der Waals surface area contributed by atoms with Crippen LogP contribution in [0.15, 0.2) is 400 Å². The molecular formula is C113H92Ir5N7O6-7. The van der Waals surface area contributed by atoms with Crippen molar-refractivity contribution < 1.29 is 130 Å². The third-order valence-corrected chi connectivity index (χ3v) is 19.3. The molecule has 1 aliphatic heterocycles. The first-order chi connectivity index (χ1) is 61.3. The van der Waals surface area contributed by atoms with E-state index in [1.807, 2.05) is 189 Å². The number of fused-ring (bicyclic) bond motifs is 10. The van der Waals surface area contributed by atoms with Crippen LogP contribution in [0.25, 0.3) is 132 Å². The number of hydrogen-bond donors (Lipinski definition) is 4. The molecule has 19 aromatic rings. The summed E-state index contributed by atoms with van der Waals surface area (Å²) < 4.78 is 0. The Kier molecular flexibility index (Phi) is 43.3. The Balaban J connectivity index is 0.000000206. The molecule has 1 aliphatic rings. The number of nitrogens with zero attached hydrogens (tertiary/aromatic N) is 6. The summed E-state index contributed by atoms with van der Waals surface area (Å²) in [5.41, 5.74) is 20.1. The van der Waals surface area contributed by atoms with E-state index in [0.29, 0.717) is 0 Å². The molecule has 13 nitrogen and oxygen atoms in total. The van der Waals surface area contributed by atoms with Gasteiger partial charge in [-0.15, -0.1) is 178 Å². The summed E-state index contributed by atoms with van der Waals surface area (Å²) in [5.74, 6) is -0.187. The van der Waals surface area contributed by atoms with Crippen LogP contribution in [0.5, 0.6) is 0 Å². The van der Waals surface area contributed by atoms with Gasteiger partial charge in [-0.1, -0.05) is 193 Å². The van der Waals surface area contributed by atoms with Gasteiger partial charge in [0, 0.05) is 152 Å². The zero-order chi connectivity index (χ0) is 88.5. The van der Waals surface area contributed by atoms with Crippen LogP contribution in [0.3, 0.4) is 0 Å². The molecule has 0 saturated heterocycles. The molecule has 0 amide bonds. The Bertz CT molecular complexity index is 6730. The second-order valence-corrected chi connectivity index (χ2v) is 29.1. The number of aliphatic hydroxyl groups is 3. The molecule has 4 N–H and O–H groups in total. The van der Waals surface area contributed by atoms with Gasteiger partial charge >= 0.3 is 0 Å². The fourth-order valence-electron chi connectivity index (χ4n) is 13.9. The van der Waals surface area contributed by atoms with Gasteiger partial charge in [-0.2, -0.15) is 37.0 Å². The number of rotatable bonds is 9. The average Bonchev–Trinajstić information content (AvgIpc) is 1.33. The molecule has 5 radical (unpaired) electrons. The molecule has 20 rings (SSSR count). The maximum Gasteiger partial charge on any atom is 0.155 e. The van der Waals surface area contributed by atoms with E-state index in [1.165, 1.54) is 130 Å². The minimum Gasteiger partial charge on any atom is -0.514 e. The van der Waals surface area contributed by atoms with Crippen LogP contribution >= 0.6 is 0 Å². The van der Waals surface area contributed by atoms with Gasteiger partial charge in [0.2, 0.25) is 0 Å². The van der Waals surface area contributed by atoms with Crippen molar-refractivity contribution in [3.05, 3.63) is 454 Å². The number of ketones is 3. The molecule has 0 bridgehead atoms. The topological polar surface area (TPSA) is 192 Å². The van der Waals surface area contributed by atoms with Crippen LogP contribution in [0.1, 0.15) is 52.7 Å². The smallest absolute Gasteiger partial charge is 0.155 e. The van der Waals surface area contributed by atoms with Gasteiger partial charge in [-0.25, -0.2) is 0 Å². The van der Waals surface area contributed by atoms with Crippen LogP contribution in [0.2, 0.25) is 0 Å². The number of aliphatic hydroxyl groups excluding tert-OH is 3. The maximum atomic E-state index is 10.0. The quantitative estimate of drug-likeness (QED) is 0.0462. The fraction of sp³-hybridized carbons (Fsp3) is 0.0708. The van der Waals surface area contributed by atoms with Crippen molar-refractivity contribution in [1.82, 2.24) is 24.9 Å². The van der Waals surface area contributed by atoms with Crippen LogP contribution in [0.4, 0.5) is 17.1 Å². The number of benzene rings is 14. The predicted molar refractivity (Wildman–Crippen MR) is 518 cm³/mol. The van der Waals surface area contributed by atoms with Crippen molar-refractivity contribution in [2.75, 3.05) is 10.2 Å². The molecule has 0 fully saturated rings. The number of aromatic nitrogens is 5. The zero-order valence-corrected chi connectivity index (χ0v) is 84.8. The summed E-state index contributed by atoms with van der Waals surface area (Å²) in [4.78, 5) is 55.6. The van der Waals surface area contributed by atoms with Gasteiger partial charge in [0.05, 0.1) is 39.3 Å². The summed E-state index contributed by atoms with van der Waals surface area (Å²) in [7, 11) is 0. The van der Waals surface area contributed by atoms with Gasteiger partial charge in [0.1, 0.15) is 0 Å². The Hall–Kier alpha value is -12.9. The Morgan fingerprint density at radius 2 is 0.702 bits per heavy atom. The van der Waals surface area contributed by atoms with Gasteiger partial charge in [-0.3, -0.25) is 34.3 Å². The van der Waals surface area contributed by atoms with Gasteiger partial charge in [0.15, 0.2) is 17.3 Å². The second-order valence-electron chi connectivity index (χ2n) is 29.1. The van der Waals surface area contributed by atoms with Crippen LogP contribution in [0, 0.1) is 56.9 Å². The molecule has 5 aromatic heterocycles. The third-order valence-electron chi connectivity index (χ3n) is 19.3. The molecule has 18 heteroatoms. The summed E-state index contributed by atoms with van der Waals surface area (Å²) >= 11 is 0. The van der Waals surface area contributed by atoms with E-state index in [1.54, 1.807) is 6.20 Å². The monoisotopic (exact) mass is 2610 g/mol. The molecule has 0 atom stereocenters. The van der Waals surface area contributed by atoms with Crippen molar-refractivity contribution >= 4 is 110 Å². The number of pyridine rings is 5. The molecule has 6 heterocycles. The molecule has 0 spiro atoms. The first-order valence-electron chi connectivity index (χ1n) is 40.9. The molecule has 667 valence electrons. The van der Waals surface area contributed by atoms with E-state index in [2.05, 4.69) is 241 Å². The van der Waals surface area contributed by atoms with Crippen molar-refractivity contribution in [3.63, 3.8) is 0 Å². The fourth-order valence-corrected chi connectivity index (χ4v) is 13.9. The largest absolute Gasteiger partial charge is 0.514 e. The number of para-hydroxylation sites is 7. The molecule has 0 unspecified atom stereocenters. The molecule has 0 aliphatic carbocycles. The summed E-state index contributed by atoms with van der Waals surface area (Å²) in [5, 5.41) is 40.4. The number of allylic oxidation sites excluding steroid dienone is 6. The minimum absolute atomic E-state index is 0. The van der Waals surface area contributed by atoms with Gasteiger partial charge < -0.3 is 30.5 Å². The van der Waals surface area contributed by atoms with E-state index in [0.717, 1.165) is 89.7 Å². The first-order valence-corrected chi connectivity index (χ1v) is 40.9. The number of carbonyl (C=O) groups excluding carboxylic acids is 3. The van der Waals surface area contributed by atoms with E-state index >= 15 is 0 Å². The van der Waals surface area contributed by atoms with Crippen molar-refractivity contribution in [3.8, 4) is 56.3 Å². The number of aryl methyl sites for hydroxylation is 2. The van der Waals surface area contributed by atoms with E-state index in [-0.39, 0.29) is 135 Å². The molecule has 131 heavy (non-hydrogen) atoms. The van der Waals surface area contributed by atoms with Crippen molar-refractivity contribution in [2.45, 2.75) is 55.4 Å². The van der Waals surface area contributed by atoms with E-state index in [4.69, 9.17) is 35.3 Å². The SMILES string of the molecule is CC(=O)C=C(C)O.CC(=O)C=C(C)O.CC(=O)C=C(C)O.Cc1cc(-c2[c-]ccc3ccccc23)nc2ccccc12.Cc1cc2ccccc2nc1-c1[c-]cccc1.[Ir].[Ir].[Ir].[Ir].[Ir].[c-]1ccccc1-c1ccccn1.[c-]1ccccc1-c1nc2ccccc2c2ccccc12.[c-]1ccccc1-c1nc2ccccc2c2ccccc12.[c-]1ccccc1N1[CH-]Nc2ccccc21. The Morgan fingerprint density at radius 3 is 1.15 bits per heavy atom. The minimum atomic E-state index is -0.125. The summed E-state index contributed by atoms with van der Waals surface area (Å²) in [6, 6.07) is 140. The van der Waals surface area contributed by atoms with Crippen LogP contribution in [-0.2, 0) is 115 Å². The first kappa shape index (κ1) is 105. The molecule has 0 saturated carbocycles. The predicted octanol–water partition coefficient (Wildman–Crippen LogP) is 27.7. The number of carbonyl (C=O) groups is 3. The Labute approximate surface area is 833 Å². The van der Waals surface area contributed by atoms with Crippen molar-refractivity contribution in [1.29, 1.82) is 0 Å². The van der Waals surface area contributed by atoms with E-state index in [9.17, 15) is 14.4 Å². The standard InChI is InChI=1S/C20H14N.2C19H12N.C16H12N.C13H10N2.C11H8N.3C5H8O2.5Ir/c1-14-13-20(21-19-12-5-4-9-16(14)19)18-11-6-8-15-7-2-3-10-17(15)18;2*1-2-8-14(9-3-1)19-17-12-5-4-10-15(17)16-11-6-7-13-18(16)20-19;1-12-11-14-9-5-6-10-15(14)17-16(12)13-7-3-2-4-8-13;1-2-6-11(7-3-1)15-10-14-12-8-4-5-9-13(12)15;1-2-6-10(7-3-1)11-8-4-5-9-12-11;3*1-4(6)3-5(2)7;;;;;/h2-10,12-13H,1H3;2*1-8,10-13H;2-7,9-11H,1H3;1-6,8-10,14H;1-6,8-9H;3*3,6H,1-2H3;;;;;/q4*-1;-2;-1;;;;;;;;. The second kappa shape index (κ2) is 53.9. The zero-order valence-electron chi connectivity index (χ0n) is 72.9.